The van der Waals surface area contributed by atoms with Gasteiger partial charge >= 0.3 is 0 Å². The van der Waals surface area contributed by atoms with Crippen molar-refractivity contribution in [2.75, 3.05) is 0 Å². The van der Waals surface area contributed by atoms with Gasteiger partial charge in [0, 0.05) is 17.1 Å². The summed E-state index contributed by atoms with van der Waals surface area (Å²) in [6.07, 6.45) is 4.54. The smallest absolute Gasteiger partial charge is 0.0456 e. The number of nitrogens with one attached hydrogen (secondary N) is 1. The van der Waals surface area contributed by atoms with E-state index in [4.69, 9.17) is 0 Å². The van der Waals surface area contributed by atoms with Gasteiger partial charge in [-0.25, -0.2) is 0 Å². The minimum Gasteiger partial charge on any atom is -0.361 e. The molecule has 0 aliphatic rings. The molecule has 2 rings (SSSR count). The third-order valence-corrected chi connectivity index (χ3v) is 3.37. The standard InChI is InChI=1S/C14H19N/c1-4-11(5-2)12-6-7-14-13(8-12)10(3)9-15-14/h6-9,11,15H,4-5H2,1-3H3. The number of aromatic nitrogens is 1. The summed E-state index contributed by atoms with van der Waals surface area (Å²) in [7, 11) is 0. The Balaban J connectivity index is 2.49. The summed E-state index contributed by atoms with van der Waals surface area (Å²) < 4.78 is 0. The SMILES string of the molecule is CCC(CC)c1ccc2[nH]cc(C)c2c1. The molecule has 0 amide bonds. The lowest BCUT2D eigenvalue weighted by Crippen LogP contribution is -1.94. The van der Waals surface area contributed by atoms with E-state index in [-0.39, 0.29) is 0 Å². The largest absolute Gasteiger partial charge is 0.361 e. The second-order valence-electron chi connectivity index (χ2n) is 4.29. The fourth-order valence-electron chi connectivity index (χ4n) is 2.29. The molecule has 0 spiro atoms. The number of aryl methyl sites for hydroxylation is 1. The predicted octanol–water partition coefficient (Wildman–Crippen LogP) is 4.38. The van der Waals surface area contributed by atoms with E-state index >= 15 is 0 Å². The first-order valence-electron chi connectivity index (χ1n) is 5.83. The van der Waals surface area contributed by atoms with Gasteiger partial charge in [0.05, 0.1) is 0 Å². The van der Waals surface area contributed by atoms with E-state index in [9.17, 15) is 0 Å². The number of hydrogen-bond acceptors (Lipinski definition) is 0. The van der Waals surface area contributed by atoms with Gasteiger partial charge in [-0.3, -0.25) is 0 Å². The van der Waals surface area contributed by atoms with Crippen LogP contribution in [0.5, 0.6) is 0 Å². The summed E-state index contributed by atoms with van der Waals surface area (Å²) in [4.78, 5) is 3.29. The van der Waals surface area contributed by atoms with Gasteiger partial charge < -0.3 is 4.98 Å². The summed E-state index contributed by atoms with van der Waals surface area (Å²) in [5.74, 6) is 0.712. The highest BCUT2D eigenvalue weighted by Crippen LogP contribution is 2.27. The fraction of sp³-hybridized carbons (Fsp3) is 0.429. The number of rotatable bonds is 3. The van der Waals surface area contributed by atoms with Crippen LogP contribution in [-0.4, -0.2) is 4.98 Å². The van der Waals surface area contributed by atoms with Gasteiger partial charge in [-0.15, -0.1) is 0 Å². The van der Waals surface area contributed by atoms with Crippen LogP contribution in [0.2, 0.25) is 0 Å². The van der Waals surface area contributed by atoms with Gasteiger partial charge in [-0.05, 0) is 48.9 Å². The first kappa shape index (κ1) is 10.3. The first-order chi connectivity index (χ1) is 7.26. The van der Waals surface area contributed by atoms with Gasteiger partial charge in [-0.1, -0.05) is 19.9 Å². The predicted molar refractivity (Wildman–Crippen MR) is 66.4 cm³/mol. The van der Waals surface area contributed by atoms with Crippen molar-refractivity contribution in [2.45, 2.75) is 39.5 Å². The molecule has 0 aliphatic carbocycles. The van der Waals surface area contributed by atoms with Crippen LogP contribution < -0.4 is 0 Å². The van der Waals surface area contributed by atoms with Crippen LogP contribution in [0.1, 0.15) is 43.7 Å². The molecule has 0 bridgehead atoms. The maximum Gasteiger partial charge on any atom is 0.0456 e. The zero-order valence-corrected chi connectivity index (χ0v) is 9.80. The lowest BCUT2D eigenvalue weighted by molar-refractivity contribution is 0.642. The van der Waals surface area contributed by atoms with Crippen molar-refractivity contribution in [2.24, 2.45) is 0 Å². The van der Waals surface area contributed by atoms with Crippen molar-refractivity contribution < 1.29 is 0 Å². The van der Waals surface area contributed by atoms with Crippen LogP contribution in [0.3, 0.4) is 0 Å². The van der Waals surface area contributed by atoms with Gasteiger partial charge in [0.1, 0.15) is 0 Å². The monoisotopic (exact) mass is 201 g/mol. The molecule has 1 aromatic heterocycles. The van der Waals surface area contributed by atoms with Crippen molar-refractivity contribution >= 4 is 10.9 Å². The molecule has 1 nitrogen and oxygen atoms in total. The normalized spacial score (nSPS) is 11.5. The zero-order valence-electron chi connectivity index (χ0n) is 9.80. The fourth-order valence-corrected chi connectivity index (χ4v) is 2.29. The van der Waals surface area contributed by atoms with Crippen molar-refractivity contribution in [3.63, 3.8) is 0 Å². The van der Waals surface area contributed by atoms with Crippen molar-refractivity contribution in [1.82, 2.24) is 4.98 Å². The molecule has 0 aliphatic heterocycles. The summed E-state index contributed by atoms with van der Waals surface area (Å²) in [5, 5.41) is 1.37. The van der Waals surface area contributed by atoms with Crippen LogP contribution in [0, 0.1) is 6.92 Å². The van der Waals surface area contributed by atoms with Crippen LogP contribution in [0.25, 0.3) is 10.9 Å². The molecule has 1 N–H and O–H groups in total. The Morgan fingerprint density at radius 3 is 2.60 bits per heavy atom. The summed E-state index contributed by atoms with van der Waals surface area (Å²) in [6, 6.07) is 6.81. The molecule has 0 saturated heterocycles. The first-order valence-corrected chi connectivity index (χ1v) is 5.83. The Morgan fingerprint density at radius 2 is 1.93 bits per heavy atom. The zero-order chi connectivity index (χ0) is 10.8. The molecule has 1 heteroatoms. The Kier molecular flexibility index (Phi) is 2.81. The topological polar surface area (TPSA) is 15.8 Å². The van der Waals surface area contributed by atoms with Crippen LogP contribution in [0.4, 0.5) is 0 Å². The molecule has 2 aromatic rings. The van der Waals surface area contributed by atoms with E-state index in [0.717, 1.165) is 0 Å². The Bertz CT molecular complexity index is 449. The van der Waals surface area contributed by atoms with Gasteiger partial charge in [0.15, 0.2) is 0 Å². The molecule has 1 heterocycles. The third kappa shape index (κ3) is 1.79. The lowest BCUT2D eigenvalue weighted by atomic mass is 9.93. The number of hydrogen-bond donors (Lipinski definition) is 1. The number of aromatic amines is 1. The number of fused-ring (bicyclic) bond motifs is 1. The maximum atomic E-state index is 3.29. The van der Waals surface area contributed by atoms with Crippen molar-refractivity contribution in [3.8, 4) is 0 Å². The Morgan fingerprint density at radius 1 is 1.20 bits per heavy atom. The average molecular weight is 201 g/mol. The Hall–Kier alpha value is -1.24. The van der Waals surface area contributed by atoms with Crippen LogP contribution in [-0.2, 0) is 0 Å². The molecule has 1 aromatic carbocycles. The summed E-state index contributed by atoms with van der Waals surface area (Å²) >= 11 is 0. The molecule has 15 heavy (non-hydrogen) atoms. The van der Waals surface area contributed by atoms with E-state index in [2.05, 4.69) is 50.2 Å². The highest BCUT2D eigenvalue weighted by atomic mass is 14.7. The Labute approximate surface area is 91.5 Å². The lowest BCUT2D eigenvalue weighted by Gasteiger charge is -2.12. The average Bonchev–Trinajstić information content (AvgIpc) is 2.62. The minimum atomic E-state index is 0.712. The number of H-pyrrole nitrogens is 1. The minimum absolute atomic E-state index is 0.712. The quantitative estimate of drug-likeness (QED) is 0.758. The summed E-state index contributed by atoms with van der Waals surface area (Å²) in [5.41, 5.74) is 4.08. The van der Waals surface area contributed by atoms with E-state index in [0.29, 0.717) is 5.92 Å². The second-order valence-corrected chi connectivity index (χ2v) is 4.29. The molecule has 0 unspecified atom stereocenters. The van der Waals surface area contributed by atoms with E-state index < -0.39 is 0 Å². The van der Waals surface area contributed by atoms with Crippen molar-refractivity contribution in [3.05, 3.63) is 35.5 Å². The highest BCUT2D eigenvalue weighted by molar-refractivity contribution is 5.83. The molecular formula is C14H19N. The highest BCUT2D eigenvalue weighted by Gasteiger charge is 2.08. The van der Waals surface area contributed by atoms with Crippen molar-refractivity contribution in [1.29, 1.82) is 0 Å². The molecule has 0 fully saturated rings. The molecular weight excluding hydrogens is 182 g/mol. The second kappa shape index (κ2) is 4.09. The van der Waals surface area contributed by atoms with Gasteiger partial charge in [0.2, 0.25) is 0 Å². The van der Waals surface area contributed by atoms with E-state index in [1.165, 1.54) is 34.9 Å². The van der Waals surface area contributed by atoms with E-state index in [1.54, 1.807) is 0 Å². The molecule has 0 radical (unpaired) electrons. The number of benzene rings is 1. The maximum absolute atomic E-state index is 3.29. The summed E-state index contributed by atoms with van der Waals surface area (Å²) in [6.45, 7) is 6.69. The van der Waals surface area contributed by atoms with Crippen LogP contribution in [0.15, 0.2) is 24.4 Å². The molecule has 0 saturated carbocycles. The third-order valence-electron chi connectivity index (χ3n) is 3.37. The van der Waals surface area contributed by atoms with Gasteiger partial charge in [-0.2, -0.15) is 0 Å². The van der Waals surface area contributed by atoms with E-state index in [1.807, 2.05) is 0 Å². The molecule has 80 valence electrons. The van der Waals surface area contributed by atoms with Crippen LogP contribution >= 0.6 is 0 Å². The van der Waals surface area contributed by atoms with Gasteiger partial charge in [0.25, 0.3) is 0 Å². The molecule has 0 atom stereocenters.